The van der Waals surface area contributed by atoms with Gasteiger partial charge in [0.25, 0.3) is 5.91 Å². The molecule has 10 heteroatoms. The van der Waals surface area contributed by atoms with Crippen LogP contribution in [0.5, 0.6) is 0 Å². The van der Waals surface area contributed by atoms with Crippen molar-refractivity contribution in [3.05, 3.63) is 23.3 Å². The molecule has 0 N–H and O–H groups in total. The fraction of sp³-hybridized carbons (Fsp3) is 0.667. The summed E-state index contributed by atoms with van der Waals surface area (Å²) in [6.45, 7) is 1.98. The van der Waals surface area contributed by atoms with Crippen molar-refractivity contribution >= 4 is 15.7 Å². The average Bonchev–Trinajstić information content (AvgIpc) is 2.79. The Labute approximate surface area is 143 Å². The van der Waals surface area contributed by atoms with Crippen LogP contribution in [-0.2, 0) is 16.0 Å². The first-order chi connectivity index (χ1) is 11.5. The lowest BCUT2D eigenvalue weighted by molar-refractivity contribution is -0.145. The summed E-state index contributed by atoms with van der Waals surface area (Å²) in [5, 5.41) is 0. The van der Waals surface area contributed by atoms with Gasteiger partial charge in [-0.15, -0.1) is 0 Å². The molecule has 3 heterocycles. The number of hydrogen-bond donors (Lipinski definition) is 0. The number of rotatable bonds is 1. The van der Waals surface area contributed by atoms with E-state index in [1.54, 1.807) is 0 Å². The summed E-state index contributed by atoms with van der Waals surface area (Å²) in [4.78, 5) is 20.8. The summed E-state index contributed by atoms with van der Waals surface area (Å²) in [6, 6.07) is 1.23. The number of hydrogen-bond acceptors (Lipinski definition) is 5. The van der Waals surface area contributed by atoms with Gasteiger partial charge in [-0.05, 0) is 32.3 Å². The zero-order valence-electron chi connectivity index (χ0n) is 13.6. The zero-order valence-corrected chi connectivity index (χ0v) is 14.5. The highest BCUT2D eigenvalue weighted by atomic mass is 32.2. The molecule has 0 aromatic carbocycles. The number of likely N-dealkylation sites (tertiary alicyclic amines) is 1. The van der Waals surface area contributed by atoms with Gasteiger partial charge >= 0.3 is 6.18 Å². The largest absolute Gasteiger partial charge is 0.451 e. The Balaban J connectivity index is 1.85. The summed E-state index contributed by atoms with van der Waals surface area (Å²) < 4.78 is 62.2. The van der Waals surface area contributed by atoms with Crippen LogP contribution in [0.4, 0.5) is 13.2 Å². The Morgan fingerprint density at radius 3 is 2.60 bits per heavy atom. The number of carbonyl (C=O) groups is 1. The Morgan fingerprint density at radius 1 is 1.28 bits per heavy atom. The molecule has 2 fully saturated rings. The number of amides is 1. The van der Waals surface area contributed by atoms with Crippen LogP contribution >= 0.6 is 0 Å². The Kier molecular flexibility index (Phi) is 4.29. The van der Waals surface area contributed by atoms with E-state index in [4.69, 9.17) is 0 Å². The van der Waals surface area contributed by atoms with Crippen LogP contribution in [0.25, 0.3) is 0 Å². The smallest absolute Gasteiger partial charge is 0.337 e. The van der Waals surface area contributed by atoms with Gasteiger partial charge in [0.1, 0.15) is 5.69 Å². The van der Waals surface area contributed by atoms with Gasteiger partial charge in [0.05, 0.1) is 11.5 Å². The second kappa shape index (κ2) is 5.93. The highest BCUT2D eigenvalue weighted by molar-refractivity contribution is 7.91. The summed E-state index contributed by atoms with van der Waals surface area (Å²) in [5.74, 6) is -1.83. The maximum Gasteiger partial charge on any atom is 0.451 e. The quantitative estimate of drug-likeness (QED) is 0.746. The maximum absolute atomic E-state index is 12.9. The first-order valence-electron chi connectivity index (χ1n) is 7.92. The lowest BCUT2D eigenvalue weighted by atomic mass is 9.79. The van der Waals surface area contributed by atoms with Crippen LogP contribution in [0.2, 0.25) is 0 Å². The van der Waals surface area contributed by atoms with Gasteiger partial charge in [-0.2, -0.15) is 13.2 Å². The van der Waals surface area contributed by atoms with Crippen LogP contribution in [-0.4, -0.2) is 53.8 Å². The normalized spacial score (nSPS) is 26.2. The van der Waals surface area contributed by atoms with Gasteiger partial charge in [0, 0.05) is 24.2 Å². The molecule has 2 saturated heterocycles. The van der Waals surface area contributed by atoms with Crippen LogP contribution in [0.15, 0.2) is 6.07 Å². The molecule has 1 spiro atoms. The first-order valence-corrected chi connectivity index (χ1v) is 9.75. The van der Waals surface area contributed by atoms with E-state index in [0.29, 0.717) is 25.8 Å². The molecule has 1 amide bonds. The van der Waals surface area contributed by atoms with E-state index in [1.165, 1.54) is 17.9 Å². The van der Waals surface area contributed by atoms with Crippen molar-refractivity contribution in [3.8, 4) is 0 Å². The second-order valence-electron chi connectivity index (χ2n) is 6.89. The third kappa shape index (κ3) is 3.78. The second-order valence-corrected chi connectivity index (χ2v) is 9.07. The van der Waals surface area contributed by atoms with Crippen molar-refractivity contribution in [3.63, 3.8) is 0 Å². The van der Waals surface area contributed by atoms with Crippen LogP contribution < -0.4 is 0 Å². The number of nitrogens with zero attached hydrogens (tertiary/aromatic N) is 3. The lowest BCUT2D eigenvalue weighted by Crippen LogP contribution is -2.47. The highest BCUT2D eigenvalue weighted by Gasteiger charge is 2.46. The molecule has 138 valence electrons. The Morgan fingerprint density at radius 2 is 2.00 bits per heavy atom. The molecule has 0 saturated carbocycles. The molecule has 0 aliphatic carbocycles. The molecule has 25 heavy (non-hydrogen) atoms. The monoisotopic (exact) mass is 377 g/mol. The van der Waals surface area contributed by atoms with E-state index >= 15 is 0 Å². The van der Waals surface area contributed by atoms with Gasteiger partial charge in [-0.25, -0.2) is 18.4 Å². The molecule has 1 aromatic heterocycles. The molecule has 6 nitrogen and oxygen atoms in total. The van der Waals surface area contributed by atoms with E-state index in [0.717, 1.165) is 0 Å². The van der Waals surface area contributed by atoms with E-state index in [9.17, 15) is 26.4 Å². The minimum atomic E-state index is -4.73. The average molecular weight is 377 g/mol. The summed E-state index contributed by atoms with van der Waals surface area (Å²) >= 11 is 0. The SMILES string of the molecule is Cc1cc(C(=O)N2CCCC3(CCS(=O)(=O)C3)C2)nc(C(F)(F)F)n1. The minimum absolute atomic E-state index is 0.0282. The molecule has 2 aliphatic rings. The van der Waals surface area contributed by atoms with Crippen molar-refractivity contribution in [2.24, 2.45) is 5.41 Å². The number of alkyl halides is 3. The van der Waals surface area contributed by atoms with Gasteiger partial charge < -0.3 is 4.90 Å². The maximum atomic E-state index is 12.9. The van der Waals surface area contributed by atoms with Crippen molar-refractivity contribution in [1.29, 1.82) is 0 Å². The van der Waals surface area contributed by atoms with Crippen molar-refractivity contribution in [2.45, 2.75) is 32.4 Å². The number of halogens is 3. The Hall–Kier alpha value is -1.71. The standard InChI is InChI=1S/C15H18F3N3O3S/c1-10-7-11(20-13(19-10)15(16,17)18)12(22)21-5-2-3-14(8-21)4-6-25(23,24)9-14/h7H,2-6,8-9H2,1H3. The van der Waals surface area contributed by atoms with E-state index < -0.39 is 33.2 Å². The van der Waals surface area contributed by atoms with Gasteiger partial charge in [0.2, 0.25) is 5.82 Å². The van der Waals surface area contributed by atoms with Gasteiger partial charge in [0.15, 0.2) is 9.84 Å². The zero-order chi connectivity index (χ0) is 18.5. The third-order valence-electron chi connectivity index (χ3n) is 4.74. The third-order valence-corrected chi connectivity index (χ3v) is 6.62. The van der Waals surface area contributed by atoms with Crippen molar-refractivity contribution in [1.82, 2.24) is 14.9 Å². The van der Waals surface area contributed by atoms with E-state index in [-0.39, 0.29) is 29.4 Å². The minimum Gasteiger partial charge on any atom is -0.337 e. The highest BCUT2D eigenvalue weighted by Crippen LogP contribution is 2.40. The molecule has 3 rings (SSSR count). The predicted octanol–water partition coefficient (Wildman–Crippen LogP) is 1.84. The molecular formula is C15H18F3N3O3S. The topological polar surface area (TPSA) is 80.2 Å². The molecular weight excluding hydrogens is 359 g/mol. The fourth-order valence-electron chi connectivity index (χ4n) is 3.65. The van der Waals surface area contributed by atoms with Gasteiger partial charge in [-0.3, -0.25) is 4.79 Å². The van der Waals surface area contributed by atoms with Crippen molar-refractivity contribution in [2.75, 3.05) is 24.6 Å². The molecule has 1 atom stereocenters. The number of piperidine rings is 1. The molecule has 1 unspecified atom stereocenters. The fourth-order valence-corrected chi connectivity index (χ4v) is 5.85. The summed E-state index contributed by atoms with van der Waals surface area (Å²) in [6.07, 6.45) is -2.93. The molecule has 0 bridgehead atoms. The van der Waals surface area contributed by atoms with Crippen LogP contribution in [0.3, 0.4) is 0 Å². The first kappa shape index (κ1) is 18.1. The summed E-state index contributed by atoms with van der Waals surface area (Å²) in [7, 11) is -3.11. The van der Waals surface area contributed by atoms with Crippen LogP contribution in [0.1, 0.15) is 41.3 Å². The molecule has 0 radical (unpaired) electrons. The Bertz CT molecular complexity index is 810. The number of carbonyl (C=O) groups excluding carboxylic acids is 1. The molecule has 2 aliphatic heterocycles. The number of aromatic nitrogens is 2. The van der Waals surface area contributed by atoms with E-state index in [2.05, 4.69) is 9.97 Å². The van der Waals surface area contributed by atoms with E-state index in [1.807, 2.05) is 0 Å². The molecule has 1 aromatic rings. The lowest BCUT2D eigenvalue weighted by Gasteiger charge is -2.39. The van der Waals surface area contributed by atoms with Crippen LogP contribution in [0, 0.1) is 12.3 Å². The van der Waals surface area contributed by atoms with Gasteiger partial charge in [-0.1, -0.05) is 0 Å². The predicted molar refractivity (Wildman–Crippen MR) is 82.6 cm³/mol. The summed E-state index contributed by atoms with van der Waals surface area (Å²) in [5.41, 5.74) is -0.736. The number of aryl methyl sites for hydroxylation is 1. The number of sulfone groups is 1. The van der Waals surface area contributed by atoms with Crippen molar-refractivity contribution < 1.29 is 26.4 Å².